The van der Waals surface area contributed by atoms with Crippen LogP contribution in [-0.4, -0.2) is 15.6 Å². The summed E-state index contributed by atoms with van der Waals surface area (Å²) in [5.41, 5.74) is 2.99. The minimum atomic E-state index is 0.268. The smallest absolute Gasteiger partial charge is 0.167 e. The molecular formula is C11H16N2O. The van der Waals surface area contributed by atoms with Crippen molar-refractivity contribution >= 4 is 5.78 Å². The molecule has 1 atom stereocenters. The largest absolute Gasteiger partial charge is 0.294 e. The van der Waals surface area contributed by atoms with E-state index in [1.54, 1.807) is 0 Å². The normalized spacial score (nSPS) is 20.6. The Morgan fingerprint density at radius 1 is 1.50 bits per heavy atom. The molecule has 14 heavy (non-hydrogen) atoms. The second-order valence-corrected chi connectivity index (χ2v) is 4.45. The number of fused-ring (bicyclic) bond motifs is 1. The van der Waals surface area contributed by atoms with Crippen LogP contribution in [0.1, 0.15) is 60.8 Å². The van der Waals surface area contributed by atoms with E-state index in [0.29, 0.717) is 18.3 Å². The molecule has 3 nitrogen and oxygen atoms in total. The average Bonchev–Trinajstić information content (AvgIpc) is 2.52. The van der Waals surface area contributed by atoms with Crippen LogP contribution in [0.5, 0.6) is 0 Å². The monoisotopic (exact) mass is 192 g/mol. The van der Waals surface area contributed by atoms with E-state index in [1.807, 2.05) is 11.7 Å². The molecule has 0 N–H and O–H groups in total. The lowest BCUT2D eigenvalue weighted by Crippen LogP contribution is -2.06. The maximum Gasteiger partial charge on any atom is 0.167 e. The fourth-order valence-corrected chi connectivity index (χ4v) is 2.33. The van der Waals surface area contributed by atoms with Gasteiger partial charge in [-0.15, -0.1) is 0 Å². The third-order valence-corrected chi connectivity index (χ3v) is 2.90. The van der Waals surface area contributed by atoms with Crippen LogP contribution in [0, 0.1) is 0 Å². The van der Waals surface area contributed by atoms with E-state index in [4.69, 9.17) is 0 Å². The van der Waals surface area contributed by atoms with Gasteiger partial charge in [0.1, 0.15) is 0 Å². The summed E-state index contributed by atoms with van der Waals surface area (Å²) in [6, 6.07) is 0. The summed E-state index contributed by atoms with van der Waals surface area (Å²) in [6.45, 7) is 6.28. The molecule has 0 fully saturated rings. The van der Waals surface area contributed by atoms with Crippen LogP contribution in [-0.2, 0) is 7.05 Å². The predicted octanol–water partition coefficient (Wildman–Crippen LogP) is 2.23. The van der Waals surface area contributed by atoms with Crippen molar-refractivity contribution in [1.29, 1.82) is 0 Å². The number of ketones is 1. The van der Waals surface area contributed by atoms with Gasteiger partial charge in [-0.3, -0.25) is 9.48 Å². The Balaban J connectivity index is 2.63. The number of hydrogen-bond acceptors (Lipinski definition) is 2. The van der Waals surface area contributed by atoms with Gasteiger partial charge < -0.3 is 0 Å². The molecule has 3 heteroatoms. The van der Waals surface area contributed by atoms with Crippen LogP contribution in [0.3, 0.4) is 0 Å². The van der Waals surface area contributed by atoms with Crippen LogP contribution in [0.4, 0.5) is 0 Å². The van der Waals surface area contributed by atoms with Gasteiger partial charge in [-0.2, -0.15) is 5.10 Å². The number of carbonyl (C=O) groups is 1. The van der Waals surface area contributed by atoms with Crippen molar-refractivity contribution in [1.82, 2.24) is 9.78 Å². The molecule has 1 aliphatic carbocycles. The minimum Gasteiger partial charge on any atom is -0.294 e. The Labute approximate surface area is 84.1 Å². The van der Waals surface area contributed by atoms with E-state index >= 15 is 0 Å². The fourth-order valence-electron chi connectivity index (χ4n) is 2.33. The van der Waals surface area contributed by atoms with E-state index < -0.39 is 0 Å². The standard InChI is InChI=1S/C11H16N2O/c1-6(2)11-9-8(14)5-7(3)10(9)12-13(11)4/h6-7H,5H2,1-4H3. The van der Waals surface area contributed by atoms with Gasteiger partial charge in [0.15, 0.2) is 5.78 Å². The molecular weight excluding hydrogens is 176 g/mol. The summed E-state index contributed by atoms with van der Waals surface area (Å²) in [7, 11) is 1.92. The SMILES string of the molecule is CC(C)c1c2c(nn1C)C(C)CC2=O. The van der Waals surface area contributed by atoms with E-state index in [0.717, 1.165) is 17.0 Å². The first-order valence-corrected chi connectivity index (χ1v) is 5.12. The Morgan fingerprint density at radius 3 is 2.71 bits per heavy atom. The van der Waals surface area contributed by atoms with E-state index in [1.165, 1.54) is 0 Å². The quantitative estimate of drug-likeness (QED) is 0.684. The van der Waals surface area contributed by atoms with Gasteiger partial charge in [-0.25, -0.2) is 0 Å². The third-order valence-electron chi connectivity index (χ3n) is 2.90. The molecule has 0 radical (unpaired) electrons. The number of aryl methyl sites for hydroxylation is 1. The fraction of sp³-hybridized carbons (Fsp3) is 0.636. The molecule has 0 aromatic carbocycles. The third kappa shape index (κ3) is 1.11. The van der Waals surface area contributed by atoms with Gasteiger partial charge in [0.25, 0.3) is 0 Å². The van der Waals surface area contributed by atoms with E-state index in [-0.39, 0.29) is 5.78 Å². The lowest BCUT2D eigenvalue weighted by atomic mass is 10.0. The second-order valence-electron chi connectivity index (χ2n) is 4.45. The van der Waals surface area contributed by atoms with Crippen molar-refractivity contribution in [3.8, 4) is 0 Å². The summed E-state index contributed by atoms with van der Waals surface area (Å²) in [5.74, 6) is 0.936. The first-order valence-electron chi connectivity index (χ1n) is 5.12. The maximum atomic E-state index is 11.8. The molecule has 0 aliphatic heterocycles. The zero-order valence-electron chi connectivity index (χ0n) is 9.16. The van der Waals surface area contributed by atoms with Gasteiger partial charge in [0.2, 0.25) is 0 Å². The van der Waals surface area contributed by atoms with Crippen LogP contribution >= 0.6 is 0 Å². The highest BCUT2D eigenvalue weighted by Gasteiger charge is 2.33. The Kier molecular flexibility index (Phi) is 1.98. The lowest BCUT2D eigenvalue weighted by molar-refractivity contribution is 0.0988. The zero-order valence-corrected chi connectivity index (χ0v) is 9.16. The zero-order chi connectivity index (χ0) is 10.5. The number of rotatable bonds is 1. The first kappa shape index (κ1) is 9.44. The number of aromatic nitrogens is 2. The molecule has 1 aromatic rings. The van der Waals surface area contributed by atoms with Gasteiger partial charge in [0.05, 0.1) is 17.0 Å². The highest BCUT2D eigenvalue weighted by atomic mass is 16.1. The van der Waals surface area contributed by atoms with Crippen molar-refractivity contribution in [3.63, 3.8) is 0 Å². The highest BCUT2D eigenvalue weighted by Crippen LogP contribution is 2.36. The molecule has 0 spiro atoms. The molecule has 1 unspecified atom stereocenters. The van der Waals surface area contributed by atoms with Crippen molar-refractivity contribution in [2.45, 2.75) is 39.0 Å². The number of hydrogen-bond donors (Lipinski definition) is 0. The molecule has 2 rings (SSSR count). The van der Waals surface area contributed by atoms with Gasteiger partial charge >= 0.3 is 0 Å². The van der Waals surface area contributed by atoms with Crippen molar-refractivity contribution < 1.29 is 4.79 Å². The summed E-state index contributed by atoms with van der Waals surface area (Å²) in [5, 5.41) is 4.44. The number of Topliss-reactive ketones (excluding diaryl/α,β-unsaturated/α-hetero) is 1. The maximum absolute atomic E-state index is 11.8. The number of carbonyl (C=O) groups excluding carboxylic acids is 1. The van der Waals surface area contributed by atoms with Crippen molar-refractivity contribution in [2.75, 3.05) is 0 Å². The lowest BCUT2D eigenvalue weighted by Gasteiger charge is -2.07. The molecule has 1 heterocycles. The van der Waals surface area contributed by atoms with Gasteiger partial charge in [-0.05, 0) is 5.92 Å². The number of nitrogens with zero attached hydrogens (tertiary/aromatic N) is 2. The predicted molar refractivity (Wildman–Crippen MR) is 54.7 cm³/mol. The molecule has 0 bridgehead atoms. The van der Waals surface area contributed by atoms with E-state index in [2.05, 4.69) is 25.9 Å². The van der Waals surface area contributed by atoms with Crippen molar-refractivity contribution in [3.05, 3.63) is 17.0 Å². The average molecular weight is 192 g/mol. The van der Waals surface area contributed by atoms with Gasteiger partial charge in [-0.1, -0.05) is 20.8 Å². The molecule has 0 amide bonds. The molecule has 1 aromatic heterocycles. The molecule has 0 saturated carbocycles. The minimum absolute atomic E-state index is 0.268. The Morgan fingerprint density at radius 2 is 2.14 bits per heavy atom. The van der Waals surface area contributed by atoms with Gasteiger partial charge in [0, 0.05) is 19.4 Å². The van der Waals surface area contributed by atoms with E-state index in [9.17, 15) is 4.79 Å². The molecule has 76 valence electrons. The Hall–Kier alpha value is -1.12. The van der Waals surface area contributed by atoms with Crippen LogP contribution in [0.2, 0.25) is 0 Å². The van der Waals surface area contributed by atoms with Crippen LogP contribution < -0.4 is 0 Å². The summed E-state index contributed by atoms with van der Waals surface area (Å²) in [4.78, 5) is 11.8. The van der Waals surface area contributed by atoms with Crippen LogP contribution in [0.15, 0.2) is 0 Å². The Bertz CT molecular complexity index is 390. The highest BCUT2D eigenvalue weighted by molar-refractivity contribution is 6.02. The first-order chi connectivity index (χ1) is 6.52. The second kappa shape index (κ2) is 2.94. The summed E-state index contributed by atoms with van der Waals surface area (Å²) in [6.07, 6.45) is 0.637. The molecule has 1 aliphatic rings. The topological polar surface area (TPSA) is 34.9 Å². The van der Waals surface area contributed by atoms with Crippen molar-refractivity contribution in [2.24, 2.45) is 7.05 Å². The molecule has 0 saturated heterocycles. The summed E-state index contributed by atoms with van der Waals surface area (Å²) >= 11 is 0. The van der Waals surface area contributed by atoms with Crippen LogP contribution in [0.25, 0.3) is 0 Å². The summed E-state index contributed by atoms with van der Waals surface area (Å²) < 4.78 is 1.86.